The standard InChI is InChI=1S/C25H31N3O4S/c29-24-17-23(20-8-3-1-4-9-20)28(15-6-2-5-14-26-24)25(30)18-27-33(31,32)22-13-12-19-10-7-11-21(19)16-22/h1,3-4,8-9,12-13,16,23,27H,2,5-7,10-11,14-15,17-18H2,(H,26,29). The van der Waals surface area contributed by atoms with Gasteiger partial charge in [0.15, 0.2) is 0 Å². The number of sulfonamides is 1. The number of fused-ring (bicyclic) bond motifs is 1. The summed E-state index contributed by atoms with van der Waals surface area (Å²) in [5.41, 5.74) is 3.13. The van der Waals surface area contributed by atoms with E-state index in [1.807, 2.05) is 36.4 Å². The van der Waals surface area contributed by atoms with Gasteiger partial charge >= 0.3 is 0 Å². The van der Waals surface area contributed by atoms with Crippen LogP contribution in [0.1, 0.15) is 54.8 Å². The third-order valence-electron chi connectivity index (χ3n) is 6.45. The minimum absolute atomic E-state index is 0.109. The fourth-order valence-corrected chi connectivity index (χ4v) is 5.68. The van der Waals surface area contributed by atoms with Crippen LogP contribution in [0.15, 0.2) is 53.4 Å². The number of aryl methyl sites for hydroxylation is 2. The Kier molecular flexibility index (Phi) is 7.45. The van der Waals surface area contributed by atoms with Gasteiger partial charge in [-0.25, -0.2) is 13.1 Å². The molecule has 2 N–H and O–H groups in total. The molecule has 8 heteroatoms. The van der Waals surface area contributed by atoms with Crippen LogP contribution in [0.4, 0.5) is 0 Å². The van der Waals surface area contributed by atoms with Crippen LogP contribution in [0.25, 0.3) is 0 Å². The number of amides is 2. The van der Waals surface area contributed by atoms with Gasteiger partial charge in [-0.05, 0) is 67.3 Å². The zero-order valence-electron chi connectivity index (χ0n) is 18.8. The molecule has 4 rings (SSSR count). The Morgan fingerprint density at radius 2 is 1.79 bits per heavy atom. The van der Waals surface area contributed by atoms with Crippen molar-refractivity contribution in [1.82, 2.24) is 14.9 Å². The van der Waals surface area contributed by atoms with E-state index in [2.05, 4.69) is 10.0 Å². The minimum Gasteiger partial charge on any atom is -0.356 e. The van der Waals surface area contributed by atoms with E-state index >= 15 is 0 Å². The van der Waals surface area contributed by atoms with Crippen LogP contribution >= 0.6 is 0 Å². The first kappa shape index (κ1) is 23.4. The molecule has 1 unspecified atom stereocenters. The molecule has 0 bridgehead atoms. The topological polar surface area (TPSA) is 95.6 Å². The van der Waals surface area contributed by atoms with Crippen molar-refractivity contribution in [3.63, 3.8) is 0 Å². The van der Waals surface area contributed by atoms with Crippen molar-refractivity contribution in [1.29, 1.82) is 0 Å². The monoisotopic (exact) mass is 469 g/mol. The van der Waals surface area contributed by atoms with Crippen molar-refractivity contribution >= 4 is 21.8 Å². The summed E-state index contributed by atoms with van der Waals surface area (Å²) in [7, 11) is -3.81. The number of nitrogens with one attached hydrogen (secondary N) is 2. The summed E-state index contributed by atoms with van der Waals surface area (Å²) in [6.07, 6.45) is 5.57. The van der Waals surface area contributed by atoms with Gasteiger partial charge in [-0.3, -0.25) is 9.59 Å². The lowest BCUT2D eigenvalue weighted by atomic mass is 10.00. The molecule has 1 atom stereocenters. The third-order valence-corrected chi connectivity index (χ3v) is 7.85. The smallest absolute Gasteiger partial charge is 0.241 e. The van der Waals surface area contributed by atoms with Gasteiger partial charge in [0, 0.05) is 13.1 Å². The van der Waals surface area contributed by atoms with Crippen molar-refractivity contribution in [2.24, 2.45) is 0 Å². The Morgan fingerprint density at radius 1 is 1.00 bits per heavy atom. The molecule has 33 heavy (non-hydrogen) atoms. The largest absolute Gasteiger partial charge is 0.356 e. The van der Waals surface area contributed by atoms with Crippen molar-refractivity contribution in [2.45, 2.75) is 55.9 Å². The Bertz CT molecular complexity index is 1100. The molecule has 0 radical (unpaired) electrons. The lowest BCUT2D eigenvalue weighted by Gasteiger charge is -2.33. The quantitative estimate of drug-likeness (QED) is 0.704. The number of hydrogen-bond acceptors (Lipinski definition) is 4. The molecule has 0 spiro atoms. The molecule has 2 aromatic carbocycles. The van der Waals surface area contributed by atoms with Gasteiger partial charge in [0.2, 0.25) is 21.8 Å². The fraction of sp³-hybridized carbons (Fsp3) is 0.440. The predicted molar refractivity (Wildman–Crippen MR) is 126 cm³/mol. The molecule has 0 aromatic heterocycles. The van der Waals surface area contributed by atoms with Gasteiger partial charge < -0.3 is 10.2 Å². The number of carbonyl (C=O) groups excluding carboxylic acids is 2. The van der Waals surface area contributed by atoms with Crippen LogP contribution in [-0.4, -0.2) is 44.8 Å². The average molecular weight is 470 g/mol. The van der Waals surface area contributed by atoms with Crippen LogP contribution in [0.3, 0.4) is 0 Å². The van der Waals surface area contributed by atoms with Crippen molar-refractivity contribution < 1.29 is 18.0 Å². The maximum absolute atomic E-state index is 13.3. The Labute approximate surface area is 195 Å². The van der Waals surface area contributed by atoms with E-state index in [-0.39, 0.29) is 29.7 Å². The van der Waals surface area contributed by atoms with Crippen molar-refractivity contribution in [2.75, 3.05) is 19.6 Å². The highest BCUT2D eigenvalue weighted by Crippen LogP contribution is 2.27. The first-order valence-corrected chi connectivity index (χ1v) is 13.1. The summed E-state index contributed by atoms with van der Waals surface area (Å²) in [6.45, 7) is 0.769. The SMILES string of the molecule is O=C1CC(c2ccccc2)N(C(=O)CNS(=O)(=O)c2ccc3c(c2)CCC3)CCCCCN1. The van der Waals surface area contributed by atoms with Crippen LogP contribution in [0.5, 0.6) is 0 Å². The molecule has 1 heterocycles. The number of carbonyl (C=O) groups is 2. The van der Waals surface area contributed by atoms with Gasteiger partial charge in [-0.1, -0.05) is 36.4 Å². The van der Waals surface area contributed by atoms with E-state index in [4.69, 9.17) is 0 Å². The van der Waals surface area contributed by atoms with Crippen LogP contribution in [-0.2, 0) is 32.5 Å². The van der Waals surface area contributed by atoms with Gasteiger partial charge in [0.1, 0.15) is 0 Å². The number of rotatable bonds is 5. The van der Waals surface area contributed by atoms with E-state index in [1.165, 1.54) is 5.56 Å². The summed E-state index contributed by atoms with van der Waals surface area (Å²) in [4.78, 5) is 27.6. The highest BCUT2D eigenvalue weighted by molar-refractivity contribution is 7.89. The molecule has 1 saturated heterocycles. The fourth-order valence-electron chi connectivity index (χ4n) is 4.65. The van der Waals surface area contributed by atoms with Gasteiger partial charge in [-0.15, -0.1) is 0 Å². The van der Waals surface area contributed by atoms with E-state index in [0.717, 1.165) is 49.7 Å². The highest BCUT2D eigenvalue weighted by Gasteiger charge is 2.29. The van der Waals surface area contributed by atoms with E-state index in [0.29, 0.717) is 13.1 Å². The molecule has 2 amide bonds. The summed E-state index contributed by atoms with van der Waals surface area (Å²) in [6, 6.07) is 14.2. The normalized spacial score (nSPS) is 19.6. The zero-order valence-corrected chi connectivity index (χ0v) is 19.6. The highest BCUT2D eigenvalue weighted by atomic mass is 32.2. The van der Waals surface area contributed by atoms with Crippen molar-refractivity contribution in [3.05, 3.63) is 65.2 Å². The Hall–Kier alpha value is -2.71. The maximum Gasteiger partial charge on any atom is 0.241 e. The average Bonchev–Trinajstić information content (AvgIpc) is 3.30. The van der Waals surface area contributed by atoms with E-state index in [1.54, 1.807) is 17.0 Å². The minimum atomic E-state index is -3.81. The molecule has 176 valence electrons. The van der Waals surface area contributed by atoms with Crippen LogP contribution < -0.4 is 10.0 Å². The van der Waals surface area contributed by atoms with Gasteiger partial charge in [0.25, 0.3) is 0 Å². The lowest BCUT2D eigenvalue weighted by Crippen LogP contribution is -2.44. The van der Waals surface area contributed by atoms with Gasteiger partial charge in [0.05, 0.1) is 23.9 Å². The second-order valence-corrected chi connectivity index (χ2v) is 10.5. The molecule has 1 aliphatic heterocycles. The van der Waals surface area contributed by atoms with E-state index in [9.17, 15) is 18.0 Å². The van der Waals surface area contributed by atoms with Crippen molar-refractivity contribution in [3.8, 4) is 0 Å². The lowest BCUT2D eigenvalue weighted by molar-refractivity contribution is -0.134. The van der Waals surface area contributed by atoms with E-state index < -0.39 is 16.1 Å². The summed E-state index contributed by atoms with van der Waals surface area (Å²) in [5.74, 6) is -0.441. The molecule has 2 aliphatic rings. The van der Waals surface area contributed by atoms with Crippen LogP contribution in [0.2, 0.25) is 0 Å². The Morgan fingerprint density at radius 3 is 2.61 bits per heavy atom. The second-order valence-electron chi connectivity index (χ2n) is 8.74. The molecule has 2 aromatic rings. The number of hydrogen-bond donors (Lipinski definition) is 2. The molecule has 7 nitrogen and oxygen atoms in total. The zero-order chi connectivity index (χ0) is 23.3. The molecular weight excluding hydrogens is 438 g/mol. The molecular formula is C25H31N3O4S. The second kappa shape index (κ2) is 10.5. The summed E-state index contributed by atoms with van der Waals surface area (Å²) < 4.78 is 28.3. The summed E-state index contributed by atoms with van der Waals surface area (Å²) in [5, 5.41) is 2.92. The molecule has 1 fully saturated rings. The molecule has 1 aliphatic carbocycles. The summed E-state index contributed by atoms with van der Waals surface area (Å²) >= 11 is 0. The first-order chi connectivity index (χ1) is 15.9. The number of benzene rings is 2. The predicted octanol–water partition coefficient (Wildman–Crippen LogP) is 2.71. The first-order valence-electron chi connectivity index (χ1n) is 11.7. The number of nitrogens with zero attached hydrogens (tertiary/aromatic N) is 1. The van der Waals surface area contributed by atoms with Gasteiger partial charge in [-0.2, -0.15) is 0 Å². The maximum atomic E-state index is 13.3. The van der Waals surface area contributed by atoms with Crippen LogP contribution in [0, 0.1) is 0 Å². The molecule has 0 saturated carbocycles. The Balaban J connectivity index is 1.52. The third kappa shape index (κ3) is 5.81.